The highest BCUT2D eigenvalue weighted by Gasteiger charge is 2.12. The monoisotopic (exact) mass is 414 g/mol. The van der Waals surface area contributed by atoms with E-state index in [0.717, 1.165) is 46.6 Å². The summed E-state index contributed by atoms with van der Waals surface area (Å²) in [6, 6.07) is 17.4. The van der Waals surface area contributed by atoms with Gasteiger partial charge in [0.2, 0.25) is 0 Å². The average molecular weight is 415 g/mol. The van der Waals surface area contributed by atoms with E-state index in [1.807, 2.05) is 54.9 Å². The van der Waals surface area contributed by atoms with Crippen molar-refractivity contribution in [1.82, 2.24) is 19.2 Å². The van der Waals surface area contributed by atoms with Gasteiger partial charge in [0.1, 0.15) is 5.75 Å². The number of aromatic nitrogens is 3. The molecule has 6 heteroatoms. The third kappa shape index (κ3) is 3.99. The summed E-state index contributed by atoms with van der Waals surface area (Å²) in [6.45, 7) is 4.31. The van der Waals surface area contributed by atoms with Crippen LogP contribution in [-0.4, -0.2) is 46.0 Å². The molecule has 0 bridgehead atoms. The first-order valence-corrected chi connectivity index (χ1v) is 10.8. The Hall–Kier alpha value is -3.38. The maximum atomic E-state index is 12.8. The Morgan fingerprint density at radius 3 is 2.48 bits per heavy atom. The van der Waals surface area contributed by atoms with Crippen LogP contribution in [0.5, 0.6) is 5.75 Å². The number of hydrogen-bond donors (Lipinski definition) is 0. The second kappa shape index (κ2) is 8.40. The lowest BCUT2D eigenvalue weighted by Crippen LogP contribution is -2.24. The summed E-state index contributed by atoms with van der Waals surface area (Å²) < 4.78 is 8.95. The zero-order chi connectivity index (χ0) is 21.2. The molecule has 1 aliphatic rings. The molecule has 0 spiro atoms. The summed E-state index contributed by atoms with van der Waals surface area (Å²) in [5, 5.41) is 5.62. The van der Waals surface area contributed by atoms with Crippen molar-refractivity contribution in [3.8, 4) is 22.6 Å². The van der Waals surface area contributed by atoms with Crippen molar-refractivity contribution in [2.24, 2.45) is 0 Å². The quantitative estimate of drug-likeness (QED) is 0.479. The largest absolute Gasteiger partial charge is 0.497 e. The molecule has 2 aromatic heterocycles. The lowest BCUT2D eigenvalue weighted by Gasteiger charge is -2.14. The Balaban J connectivity index is 1.39. The van der Waals surface area contributed by atoms with Gasteiger partial charge in [-0.15, -0.1) is 0 Å². The van der Waals surface area contributed by atoms with Gasteiger partial charge < -0.3 is 9.64 Å². The predicted octanol–water partition coefficient (Wildman–Crippen LogP) is 3.96. The standard InChI is InChI=1S/C25H26N4O2/c1-31-23-7-4-19(5-8-23)20-10-13-28(25(30)17-20)22-6-9-24-21(16-22)18-26-29(24)15-14-27-11-2-3-12-27/h4-10,13,16-18H,2-3,11-12,14-15H2,1H3. The molecule has 158 valence electrons. The molecule has 31 heavy (non-hydrogen) atoms. The molecule has 6 nitrogen and oxygen atoms in total. The second-order valence-electron chi connectivity index (χ2n) is 8.01. The fourth-order valence-corrected chi connectivity index (χ4v) is 4.30. The van der Waals surface area contributed by atoms with Gasteiger partial charge in [-0.25, -0.2) is 0 Å². The molecule has 3 heterocycles. The van der Waals surface area contributed by atoms with Gasteiger partial charge in [0.15, 0.2) is 0 Å². The molecule has 4 aromatic rings. The van der Waals surface area contributed by atoms with Crippen molar-refractivity contribution in [2.45, 2.75) is 19.4 Å². The summed E-state index contributed by atoms with van der Waals surface area (Å²) in [7, 11) is 1.64. The van der Waals surface area contributed by atoms with Crippen LogP contribution in [0.2, 0.25) is 0 Å². The van der Waals surface area contributed by atoms with E-state index in [1.54, 1.807) is 17.7 Å². The maximum absolute atomic E-state index is 12.8. The van der Waals surface area contributed by atoms with Gasteiger partial charge in [0.05, 0.1) is 25.4 Å². The van der Waals surface area contributed by atoms with Crippen molar-refractivity contribution >= 4 is 10.9 Å². The van der Waals surface area contributed by atoms with E-state index in [0.29, 0.717) is 0 Å². The number of benzene rings is 2. The number of hydrogen-bond acceptors (Lipinski definition) is 4. The smallest absolute Gasteiger partial charge is 0.255 e. The average Bonchev–Trinajstić information content (AvgIpc) is 3.47. The minimum absolute atomic E-state index is 0.0610. The Morgan fingerprint density at radius 1 is 0.935 bits per heavy atom. The molecule has 0 atom stereocenters. The lowest BCUT2D eigenvalue weighted by molar-refractivity contribution is 0.318. The van der Waals surface area contributed by atoms with Crippen LogP contribution in [-0.2, 0) is 6.54 Å². The van der Waals surface area contributed by atoms with E-state index in [1.165, 1.54) is 25.9 Å². The Labute approximate surface area is 181 Å². The lowest BCUT2D eigenvalue weighted by atomic mass is 10.1. The molecule has 0 amide bonds. The van der Waals surface area contributed by atoms with Crippen molar-refractivity contribution < 1.29 is 4.74 Å². The van der Waals surface area contributed by atoms with Crippen molar-refractivity contribution in [2.75, 3.05) is 26.7 Å². The zero-order valence-corrected chi connectivity index (χ0v) is 17.7. The first-order chi connectivity index (χ1) is 15.2. The minimum Gasteiger partial charge on any atom is -0.497 e. The van der Waals surface area contributed by atoms with E-state index in [2.05, 4.69) is 20.7 Å². The molecule has 5 rings (SSSR count). The van der Waals surface area contributed by atoms with Gasteiger partial charge >= 0.3 is 0 Å². The molecular weight excluding hydrogens is 388 g/mol. The third-order valence-corrected chi connectivity index (χ3v) is 6.07. The summed E-state index contributed by atoms with van der Waals surface area (Å²) >= 11 is 0. The van der Waals surface area contributed by atoms with Gasteiger partial charge in [-0.1, -0.05) is 12.1 Å². The number of rotatable bonds is 6. The maximum Gasteiger partial charge on any atom is 0.255 e. The fraction of sp³-hybridized carbons (Fsp3) is 0.280. The SMILES string of the molecule is COc1ccc(-c2ccn(-c3ccc4c(cnn4CCN4CCCC4)c3)c(=O)c2)cc1. The zero-order valence-electron chi connectivity index (χ0n) is 17.7. The number of fused-ring (bicyclic) bond motifs is 1. The number of nitrogens with zero attached hydrogens (tertiary/aromatic N) is 4. The predicted molar refractivity (Wildman–Crippen MR) is 123 cm³/mol. The number of ether oxygens (including phenoxy) is 1. The van der Waals surface area contributed by atoms with E-state index in [-0.39, 0.29) is 5.56 Å². The van der Waals surface area contributed by atoms with Gasteiger partial charge in [-0.3, -0.25) is 14.0 Å². The first kappa shape index (κ1) is 19.6. The molecule has 0 saturated carbocycles. The topological polar surface area (TPSA) is 52.3 Å². The summed E-state index contributed by atoms with van der Waals surface area (Å²) in [4.78, 5) is 15.3. The Bertz CT molecular complexity index is 1250. The Morgan fingerprint density at radius 2 is 1.74 bits per heavy atom. The third-order valence-electron chi connectivity index (χ3n) is 6.07. The molecule has 0 radical (unpaired) electrons. The van der Waals surface area contributed by atoms with Crippen LogP contribution in [0.25, 0.3) is 27.7 Å². The van der Waals surface area contributed by atoms with Gasteiger partial charge in [-0.05, 0) is 73.5 Å². The highest BCUT2D eigenvalue weighted by Crippen LogP contribution is 2.22. The van der Waals surface area contributed by atoms with E-state index < -0.39 is 0 Å². The Kier molecular flexibility index (Phi) is 5.30. The highest BCUT2D eigenvalue weighted by atomic mass is 16.5. The minimum atomic E-state index is -0.0610. The summed E-state index contributed by atoms with van der Waals surface area (Å²) in [6.07, 6.45) is 6.32. The van der Waals surface area contributed by atoms with Crippen LogP contribution in [0, 0.1) is 0 Å². The molecular formula is C25H26N4O2. The van der Waals surface area contributed by atoms with E-state index in [9.17, 15) is 4.79 Å². The first-order valence-electron chi connectivity index (χ1n) is 10.8. The second-order valence-corrected chi connectivity index (χ2v) is 8.01. The van der Waals surface area contributed by atoms with E-state index >= 15 is 0 Å². The van der Waals surface area contributed by atoms with Gasteiger partial charge in [0, 0.05) is 29.9 Å². The molecule has 0 N–H and O–H groups in total. The summed E-state index contributed by atoms with van der Waals surface area (Å²) in [5.74, 6) is 0.798. The van der Waals surface area contributed by atoms with Crippen LogP contribution in [0.1, 0.15) is 12.8 Å². The van der Waals surface area contributed by atoms with Crippen LogP contribution in [0.15, 0.2) is 71.8 Å². The molecule has 1 saturated heterocycles. The molecule has 1 aliphatic heterocycles. The van der Waals surface area contributed by atoms with Crippen LogP contribution in [0.3, 0.4) is 0 Å². The van der Waals surface area contributed by atoms with Crippen molar-refractivity contribution in [3.05, 3.63) is 77.3 Å². The normalized spacial score (nSPS) is 14.4. The number of likely N-dealkylation sites (tertiary alicyclic amines) is 1. The molecule has 0 unspecified atom stereocenters. The van der Waals surface area contributed by atoms with Crippen molar-refractivity contribution in [1.29, 1.82) is 0 Å². The number of methoxy groups -OCH3 is 1. The van der Waals surface area contributed by atoms with E-state index in [4.69, 9.17) is 4.74 Å². The van der Waals surface area contributed by atoms with Crippen LogP contribution >= 0.6 is 0 Å². The fourth-order valence-electron chi connectivity index (χ4n) is 4.30. The van der Waals surface area contributed by atoms with Gasteiger partial charge in [-0.2, -0.15) is 5.10 Å². The van der Waals surface area contributed by atoms with Crippen LogP contribution < -0.4 is 10.3 Å². The summed E-state index contributed by atoms with van der Waals surface area (Å²) in [5.41, 5.74) is 3.76. The molecule has 2 aromatic carbocycles. The number of pyridine rings is 1. The molecule has 1 fully saturated rings. The highest BCUT2D eigenvalue weighted by molar-refractivity contribution is 5.81. The van der Waals surface area contributed by atoms with Crippen LogP contribution in [0.4, 0.5) is 0 Å². The van der Waals surface area contributed by atoms with Crippen molar-refractivity contribution in [3.63, 3.8) is 0 Å². The molecule has 0 aliphatic carbocycles. The van der Waals surface area contributed by atoms with Gasteiger partial charge in [0.25, 0.3) is 5.56 Å².